The lowest BCUT2D eigenvalue weighted by Gasteiger charge is -2.10. The van der Waals surface area contributed by atoms with Crippen LogP contribution in [0.2, 0.25) is 0 Å². The molecule has 110 valence electrons. The first kappa shape index (κ1) is 15.4. The summed E-state index contributed by atoms with van der Waals surface area (Å²) in [6, 6.07) is 13.4. The maximum absolute atomic E-state index is 8.66. The minimum Gasteiger partial charge on any atom is -0.490 e. The van der Waals surface area contributed by atoms with Gasteiger partial charge in [-0.05, 0) is 42.8 Å². The SMILES string of the molecule is Cc1cccc(OCCOc2ccc(Br)cc2C=NO)c1. The molecule has 2 aromatic carbocycles. The molecule has 0 saturated heterocycles. The lowest BCUT2D eigenvalue weighted by Crippen LogP contribution is -2.10. The lowest BCUT2D eigenvalue weighted by molar-refractivity contribution is 0.217. The van der Waals surface area contributed by atoms with E-state index >= 15 is 0 Å². The molecule has 0 aliphatic heterocycles. The fraction of sp³-hybridized carbons (Fsp3) is 0.188. The van der Waals surface area contributed by atoms with Gasteiger partial charge in [-0.1, -0.05) is 33.2 Å². The number of benzene rings is 2. The van der Waals surface area contributed by atoms with Crippen molar-refractivity contribution < 1.29 is 14.7 Å². The van der Waals surface area contributed by atoms with E-state index < -0.39 is 0 Å². The third-order valence-corrected chi connectivity index (χ3v) is 3.26. The molecule has 4 nitrogen and oxygen atoms in total. The second-order valence-electron chi connectivity index (χ2n) is 4.44. The second-order valence-corrected chi connectivity index (χ2v) is 5.36. The van der Waals surface area contributed by atoms with Crippen molar-refractivity contribution in [3.63, 3.8) is 0 Å². The van der Waals surface area contributed by atoms with Crippen LogP contribution in [0.4, 0.5) is 0 Å². The maximum Gasteiger partial charge on any atom is 0.128 e. The maximum atomic E-state index is 8.66. The number of hydrogen-bond acceptors (Lipinski definition) is 4. The molecule has 0 fully saturated rings. The van der Waals surface area contributed by atoms with Crippen molar-refractivity contribution in [1.29, 1.82) is 0 Å². The Morgan fingerprint density at radius 2 is 1.95 bits per heavy atom. The van der Waals surface area contributed by atoms with Crippen molar-refractivity contribution in [2.75, 3.05) is 13.2 Å². The van der Waals surface area contributed by atoms with Crippen molar-refractivity contribution in [2.24, 2.45) is 5.16 Å². The molecule has 0 unspecified atom stereocenters. The monoisotopic (exact) mass is 349 g/mol. The van der Waals surface area contributed by atoms with Crippen molar-refractivity contribution in [2.45, 2.75) is 6.92 Å². The Balaban J connectivity index is 1.89. The predicted molar refractivity (Wildman–Crippen MR) is 85.7 cm³/mol. The number of oxime groups is 1. The lowest BCUT2D eigenvalue weighted by atomic mass is 10.2. The van der Waals surface area contributed by atoms with E-state index in [9.17, 15) is 0 Å². The number of ether oxygens (including phenoxy) is 2. The summed E-state index contributed by atoms with van der Waals surface area (Å²) in [5.74, 6) is 1.47. The number of hydrogen-bond donors (Lipinski definition) is 1. The molecular formula is C16H16BrNO3. The smallest absolute Gasteiger partial charge is 0.128 e. The van der Waals surface area contributed by atoms with Crippen molar-refractivity contribution in [1.82, 2.24) is 0 Å². The van der Waals surface area contributed by atoms with Crippen LogP contribution in [-0.4, -0.2) is 24.6 Å². The molecule has 1 N–H and O–H groups in total. The van der Waals surface area contributed by atoms with Crippen LogP contribution >= 0.6 is 15.9 Å². The van der Waals surface area contributed by atoms with Crippen LogP contribution in [0.25, 0.3) is 0 Å². The van der Waals surface area contributed by atoms with E-state index in [1.165, 1.54) is 6.21 Å². The molecule has 0 amide bonds. The summed E-state index contributed by atoms with van der Waals surface area (Å²) in [6.07, 6.45) is 1.33. The zero-order chi connectivity index (χ0) is 15.1. The van der Waals surface area contributed by atoms with E-state index in [0.717, 1.165) is 15.8 Å². The van der Waals surface area contributed by atoms with E-state index in [0.29, 0.717) is 24.5 Å². The third kappa shape index (κ3) is 4.79. The molecule has 0 aliphatic rings. The first-order valence-corrected chi connectivity index (χ1v) is 7.27. The Morgan fingerprint density at radius 3 is 2.71 bits per heavy atom. The van der Waals surface area contributed by atoms with Gasteiger partial charge in [0.1, 0.15) is 24.7 Å². The summed E-state index contributed by atoms with van der Waals surface area (Å²) in [5.41, 5.74) is 1.85. The quantitative estimate of drug-likeness (QED) is 0.370. The topological polar surface area (TPSA) is 51.0 Å². The van der Waals surface area contributed by atoms with Gasteiger partial charge in [0.05, 0.1) is 6.21 Å². The minimum atomic E-state index is 0.405. The molecule has 0 bridgehead atoms. The highest BCUT2D eigenvalue weighted by Gasteiger charge is 2.03. The van der Waals surface area contributed by atoms with Gasteiger partial charge in [-0.3, -0.25) is 0 Å². The first-order chi connectivity index (χ1) is 10.2. The molecular weight excluding hydrogens is 334 g/mol. The number of halogens is 1. The number of rotatable bonds is 6. The highest BCUT2D eigenvalue weighted by molar-refractivity contribution is 9.10. The summed E-state index contributed by atoms with van der Waals surface area (Å²) in [7, 11) is 0. The van der Waals surface area contributed by atoms with Crippen LogP contribution in [-0.2, 0) is 0 Å². The summed E-state index contributed by atoms with van der Waals surface area (Å²) in [6.45, 7) is 2.86. The van der Waals surface area contributed by atoms with Crippen LogP contribution in [0, 0.1) is 6.92 Å². The van der Waals surface area contributed by atoms with Crippen LogP contribution < -0.4 is 9.47 Å². The fourth-order valence-electron chi connectivity index (χ4n) is 1.83. The van der Waals surface area contributed by atoms with Gasteiger partial charge in [-0.15, -0.1) is 0 Å². The molecule has 5 heteroatoms. The van der Waals surface area contributed by atoms with Crippen LogP contribution in [0.5, 0.6) is 11.5 Å². The van der Waals surface area contributed by atoms with Crippen LogP contribution in [0.15, 0.2) is 52.1 Å². The zero-order valence-electron chi connectivity index (χ0n) is 11.6. The molecule has 0 radical (unpaired) electrons. The van der Waals surface area contributed by atoms with Crippen LogP contribution in [0.3, 0.4) is 0 Å². The molecule has 0 aromatic heterocycles. The van der Waals surface area contributed by atoms with Crippen molar-refractivity contribution in [3.05, 3.63) is 58.1 Å². The van der Waals surface area contributed by atoms with Gasteiger partial charge in [0.2, 0.25) is 0 Å². The normalized spacial score (nSPS) is 10.8. The van der Waals surface area contributed by atoms with Crippen molar-refractivity contribution >= 4 is 22.1 Å². The molecule has 21 heavy (non-hydrogen) atoms. The summed E-state index contributed by atoms with van der Waals surface area (Å²) >= 11 is 3.36. The molecule has 0 aliphatic carbocycles. The van der Waals surface area contributed by atoms with Gasteiger partial charge in [-0.2, -0.15) is 0 Å². The largest absolute Gasteiger partial charge is 0.490 e. The summed E-state index contributed by atoms with van der Waals surface area (Å²) in [5, 5.41) is 11.7. The molecule has 0 heterocycles. The molecule has 0 atom stereocenters. The van der Waals surface area contributed by atoms with Gasteiger partial charge >= 0.3 is 0 Å². The number of nitrogens with zero attached hydrogens (tertiary/aromatic N) is 1. The Morgan fingerprint density at radius 1 is 1.14 bits per heavy atom. The van der Waals surface area contributed by atoms with Gasteiger partial charge in [0, 0.05) is 10.0 Å². The Hall–Kier alpha value is -2.01. The van der Waals surface area contributed by atoms with Crippen LogP contribution in [0.1, 0.15) is 11.1 Å². The Bertz CT molecular complexity index is 629. The standard InChI is InChI=1S/C16H16BrNO3/c1-12-3-2-4-15(9-12)20-7-8-21-16-6-5-14(17)10-13(16)11-18-19/h2-6,9-11,19H,7-8H2,1H3. The van der Waals surface area contributed by atoms with Gasteiger partial charge in [0.15, 0.2) is 0 Å². The summed E-state index contributed by atoms with van der Waals surface area (Å²) in [4.78, 5) is 0. The van der Waals surface area contributed by atoms with Gasteiger partial charge in [-0.25, -0.2) is 0 Å². The van der Waals surface area contributed by atoms with Gasteiger partial charge < -0.3 is 14.7 Å². The molecule has 0 saturated carbocycles. The predicted octanol–water partition coefficient (Wildman–Crippen LogP) is 4.02. The van der Waals surface area contributed by atoms with E-state index in [4.69, 9.17) is 14.7 Å². The molecule has 2 aromatic rings. The summed E-state index contributed by atoms with van der Waals surface area (Å²) < 4.78 is 12.2. The third-order valence-electron chi connectivity index (χ3n) is 2.77. The van der Waals surface area contributed by atoms with E-state index in [-0.39, 0.29) is 0 Å². The van der Waals surface area contributed by atoms with E-state index in [2.05, 4.69) is 21.1 Å². The van der Waals surface area contributed by atoms with E-state index in [1.54, 1.807) is 0 Å². The average Bonchev–Trinajstić information content (AvgIpc) is 2.46. The minimum absolute atomic E-state index is 0.405. The number of aryl methyl sites for hydroxylation is 1. The van der Waals surface area contributed by atoms with E-state index in [1.807, 2.05) is 49.4 Å². The molecule has 0 spiro atoms. The molecule has 2 rings (SSSR count). The zero-order valence-corrected chi connectivity index (χ0v) is 13.2. The first-order valence-electron chi connectivity index (χ1n) is 6.48. The fourth-order valence-corrected chi connectivity index (χ4v) is 2.21. The van der Waals surface area contributed by atoms with Gasteiger partial charge in [0.25, 0.3) is 0 Å². The van der Waals surface area contributed by atoms with Crippen molar-refractivity contribution in [3.8, 4) is 11.5 Å². The second kappa shape index (κ2) is 7.69. The highest BCUT2D eigenvalue weighted by atomic mass is 79.9. The highest BCUT2D eigenvalue weighted by Crippen LogP contribution is 2.22. The average molecular weight is 350 g/mol. The Kier molecular flexibility index (Phi) is 5.63. The Labute approximate surface area is 132 Å².